The normalized spacial score (nSPS) is 19.4. The van der Waals surface area contributed by atoms with Gasteiger partial charge in [-0.25, -0.2) is 8.42 Å². The highest BCUT2D eigenvalue weighted by molar-refractivity contribution is 9.10. The van der Waals surface area contributed by atoms with Gasteiger partial charge < -0.3 is 14.5 Å². The highest BCUT2D eigenvalue weighted by atomic mass is 79.9. The summed E-state index contributed by atoms with van der Waals surface area (Å²) in [6, 6.07) is 14.1. The molecule has 1 amide bonds. The van der Waals surface area contributed by atoms with E-state index < -0.39 is 16.1 Å². The van der Waals surface area contributed by atoms with Crippen molar-refractivity contribution in [2.24, 2.45) is 5.16 Å². The summed E-state index contributed by atoms with van der Waals surface area (Å²) < 4.78 is 33.6. The third kappa shape index (κ3) is 4.82. The van der Waals surface area contributed by atoms with Crippen molar-refractivity contribution in [3.63, 3.8) is 0 Å². The first-order chi connectivity index (χ1) is 15.4. The molecule has 4 rings (SSSR count). The van der Waals surface area contributed by atoms with Crippen molar-refractivity contribution in [3.8, 4) is 5.75 Å². The molecule has 2 aromatic carbocycles. The number of carbonyl (C=O) groups is 1. The quantitative estimate of drug-likeness (QED) is 0.583. The van der Waals surface area contributed by atoms with Crippen LogP contribution in [0.2, 0.25) is 0 Å². The monoisotopic (exact) mass is 521 g/mol. The fourth-order valence-electron chi connectivity index (χ4n) is 3.72. The molecule has 0 spiro atoms. The Kier molecular flexibility index (Phi) is 6.82. The summed E-state index contributed by atoms with van der Waals surface area (Å²) in [6.45, 7) is 3.46. The molecule has 8 nitrogen and oxygen atoms in total. The molecule has 170 valence electrons. The second-order valence-corrected chi connectivity index (χ2v) is 10.3. The summed E-state index contributed by atoms with van der Waals surface area (Å²) in [6.07, 6.45) is -0.293. The van der Waals surface area contributed by atoms with Crippen LogP contribution in [0.4, 0.5) is 0 Å². The van der Waals surface area contributed by atoms with E-state index in [9.17, 15) is 13.2 Å². The Morgan fingerprint density at radius 2 is 1.88 bits per heavy atom. The standard InChI is InChI=1S/C22H24BrN3O5S/c1-2-30-18-6-8-19(9-7-18)32(28,29)26-12-10-25(11-13-26)22(27)21-15-20(24-31-21)16-4-3-5-17(23)14-16/h3-9,14,21H,2,10-13,15H2,1H3. The number of hydrogen-bond acceptors (Lipinski definition) is 6. The molecule has 1 unspecified atom stereocenters. The van der Waals surface area contributed by atoms with Gasteiger partial charge in [-0.2, -0.15) is 4.31 Å². The number of ether oxygens (including phenoxy) is 1. The van der Waals surface area contributed by atoms with Crippen molar-refractivity contribution in [1.29, 1.82) is 0 Å². The van der Waals surface area contributed by atoms with Crippen molar-refractivity contribution in [2.75, 3.05) is 32.8 Å². The Balaban J connectivity index is 1.34. The van der Waals surface area contributed by atoms with E-state index in [1.54, 1.807) is 29.2 Å². The van der Waals surface area contributed by atoms with E-state index in [1.807, 2.05) is 31.2 Å². The maximum absolute atomic E-state index is 13.0. The van der Waals surface area contributed by atoms with Crippen molar-refractivity contribution in [2.45, 2.75) is 24.3 Å². The number of carbonyl (C=O) groups excluding carboxylic acids is 1. The van der Waals surface area contributed by atoms with E-state index in [-0.39, 0.29) is 23.9 Å². The molecular formula is C22H24BrN3O5S. The molecule has 0 N–H and O–H groups in total. The van der Waals surface area contributed by atoms with E-state index in [0.29, 0.717) is 31.9 Å². The zero-order valence-electron chi connectivity index (χ0n) is 17.6. The number of hydrogen-bond donors (Lipinski definition) is 0. The first-order valence-corrected chi connectivity index (χ1v) is 12.6. The minimum absolute atomic E-state index is 0.170. The third-order valence-corrected chi connectivity index (χ3v) is 7.83. The number of amides is 1. The number of benzene rings is 2. The zero-order chi connectivity index (χ0) is 22.7. The van der Waals surface area contributed by atoms with Gasteiger partial charge in [-0.15, -0.1) is 0 Å². The summed E-state index contributed by atoms with van der Waals surface area (Å²) in [5.41, 5.74) is 1.63. The first kappa shape index (κ1) is 22.8. The Morgan fingerprint density at radius 1 is 1.16 bits per heavy atom. The molecule has 1 atom stereocenters. The molecule has 1 saturated heterocycles. The van der Waals surface area contributed by atoms with Crippen LogP contribution < -0.4 is 4.74 Å². The predicted octanol–water partition coefficient (Wildman–Crippen LogP) is 2.87. The van der Waals surface area contributed by atoms with Crippen LogP contribution in [0.1, 0.15) is 18.9 Å². The Hall–Kier alpha value is -2.43. The van der Waals surface area contributed by atoms with Gasteiger partial charge in [0.2, 0.25) is 16.1 Å². The van der Waals surface area contributed by atoms with Gasteiger partial charge in [0.05, 0.1) is 17.2 Å². The number of halogens is 1. The maximum Gasteiger partial charge on any atom is 0.266 e. The minimum Gasteiger partial charge on any atom is -0.494 e. The minimum atomic E-state index is -3.63. The SMILES string of the molecule is CCOc1ccc(S(=O)(=O)N2CCN(C(=O)C3CC(c4cccc(Br)c4)=NO3)CC2)cc1. The van der Waals surface area contributed by atoms with Gasteiger partial charge in [0.25, 0.3) is 5.91 Å². The van der Waals surface area contributed by atoms with Crippen LogP contribution in [0, 0.1) is 0 Å². The molecule has 2 aliphatic heterocycles. The van der Waals surface area contributed by atoms with Gasteiger partial charge >= 0.3 is 0 Å². The van der Waals surface area contributed by atoms with Gasteiger partial charge in [0.15, 0.2) is 0 Å². The molecule has 2 heterocycles. The topological polar surface area (TPSA) is 88.5 Å². The smallest absolute Gasteiger partial charge is 0.266 e. The number of nitrogens with zero attached hydrogens (tertiary/aromatic N) is 3. The lowest BCUT2D eigenvalue weighted by Gasteiger charge is -2.34. The van der Waals surface area contributed by atoms with Crippen molar-refractivity contribution >= 4 is 37.6 Å². The molecular weight excluding hydrogens is 498 g/mol. The molecule has 2 aromatic rings. The zero-order valence-corrected chi connectivity index (χ0v) is 20.0. The van der Waals surface area contributed by atoms with Crippen molar-refractivity contribution in [1.82, 2.24) is 9.21 Å². The van der Waals surface area contributed by atoms with Gasteiger partial charge in [0, 0.05) is 42.6 Å². The van der Waals surface area contributed by atoms with Crippen LogP contribution in [0.15, 0.2) is 63.1 Å². The van der Waals surface area contributed by atoms with E-state index in [1.165, 1.54) is 4.31 Å². The summed E-state index contributed by atoms with van der Waals surface area (Å²) in [7, 11) is -3.63. The van der Waals surface area contributed by atoms with E-state index in [2.05, 4.69) is 21.1 Å². The van der Waals surface area contributed by atoms with Crippen molar-refractivity contribution in [3.05, 3.63) is 58.6 Å². The molecule has 0 radical (unpaired) electrons. The highest BCUT2D eigenvalue weighted by Gasteiger charge is 2.36. The Morgan fingerprint density at radius 3 is 2.53 bits per heavy atom. The van der Waals surface area contributed by atoms with Crippen LogP contribution in [0.3, 0.4) is 0 Å². The van der Waals surface area contributed by atoms with E-state index in [0.717, 1.165) is 15.7 Å². The summed E-state index contributed by atoms with van der Waals surface area (Å²) in [5.74, 6) is 0.458. The number of sulfonamides is 1. The summed E-state index contributed by atoms with van der Waals surface area (Å²) in [4.78, 5) is 20.2. The molecule has 0 aliphatic carbocycles. The van der Waals surface area contributed by atoms with E-state index in [4.69, 9.17) is 9.57 Å². The number of oxime groups is 1. The molecule has 1 fully saturated rings. The lowest BCUT2D eigenvalue weighted by molar-refractivity contribution is -0.143. The third-order valence-electron chi connectivity index (χ3n) is 5.42. The number of rotatable bonds is 6. The second-order valence-electron chi connectivity index (χ2n) is 7.48. The van der Waals surface area contributed by atoms with Crippen LogP contribution in [-0.4, -0.2) is 68.1 Å². The molecule has 32 heavy (non-hydrogen) atoms. The molecule has 0 bridgehead atoms. The van der Waals surface area contributed by atoms with Crippen molar-refractivity contribution < 1.29 is 22.8 Å². The van der Waals surface area contributed by atoms with Crippen LogP contribution in [0.25, 0.3) is 0 Å². The summed E-state index contributed by atoms with van der Waals surface area (Å²) >= 11 is 3.43. The van der Waals surface area contributed by atoms with E-state index >= 15 is 0 Å². The fourth-order valence-corrected chi connectivity index (χ4v) is 5.55. The Bertz CT molecular complexity index is 1110. The Labute approximate surface area is 196 Å². The predicted molar refractivity (Wildman–Crippen MR) is 123 cm³/mol. The first-order valence-electron chi connectivity index (χ1n) is 10.4. The molecule has 2 aliphatic rings. The molecule has 0 saturated carbocycles. The lowest BCUT2D eigenvalue weighted by Crippen LogP contribution is -2.52. The number of piperazine rings is 1. The largest absolute Gasteiger partial charge is 0.494 e. The highest BCUT2D eigenvalue weighted by Crippen LogP contribution is 2.24. The van der Waals surface area contributed by atoms with Gasteiger partial charge in [0.1, 0.15) is 5.75 Å². The summed E-state index contributed by atoms with van der Waals surface area (Å²) in [5, 5.41) is 4.09. The lowest BCUT2D eigenvalue weighted by atomic mass is 10.0. The molecule has 0 aromatic heterocycles. The average molecular weight is 522 g/mol. The van der Waals surface area contributed by atoms with Gasteiger partial charge in [-0.3, -0.25) is 4.79 Å². The van der Waals surface area contributed by atoms with Gasteiger partial charge in [-0.1, -0.05) is 33.2 Å². The van der Waals surface area contributed by atoms with Crippen LogP contribution >= 0.6 is 15.9 Å². The fraction of sp³-hybridized carbons (Fsp3) is 0.364. The maximum atomic E-state index is 13.0. The average Bonchev–Trinajstić information content (AvgIpc) is 3.30. The van der Waals surface area contributed by atoms with Crippen LogP contribution in [-0.2, 0) is 19.7 Å². The second kappa shape index (κ2) is 9.60. The van der Waals surface area contributed by atoms with Crippen LogP contribution in [0.5, 0.6) is 5.75 Å². The van der Waals surface area contributed by atoms with Gasteiger partial charge in [-0.05, 0) is 43.3 Å². The molecule has 10 heteroatoms.